The number of methoxy groups -OCH3 is 1. The van der Waals surface area contributed by atoms with E-state index >= 15 is 0 Å². The summed E-state index contributed by atoms with van der Waals surface area (Å²) >= 11 is 0. The second-order valence-corrected chi connectivity index (χ2v) is 8.30. The first-order valence-electron chi connectivity index (χ1n) is 10.7. The zero-order valence-electron chi connectivity index (χ0n) is 18.8. The summed E-state index contributed by atoms with van der Waals surface area (Å²) in [6.07, 6.45) is 7.73. The van der Waals surface area contributed by atoms with Crippen LogP contribution >= 0.6 is 0 Å². The number of carbonyl (C=O) groups excluding carboxylic acids is 2. The van der Waals surface area contributed by atoms with E-state index in [0.29, 0.717) is 25.9 Å². The Bertz CT molecular complexity index is 1030. The molecule has 1 aliphatic rings. The van der Waals surface area contributed by atoms with Crippen LogP contribution in [0.2, 0.25) is 0 Å². The number of hydrogen-bond acceptors (Lipinski definition) is 4. The average molecular weight is 418 g/mol. The summed E-state index contributed by atoms with van der Waals surface area (Å²) in [5.41, 5.74) is 4.26. The number of carbonyl (C=O) groups is 2. The smallest absolute Gasteiger partial charge is 0.169 e. The van der Waals surface area contributed by atoms with Crippen molar-refractivity contribution in [2.45, 2.75) is 33.6 Å². The topological polar surface area (TPSA) is 55.4 Å². The fourth-order valence-corrected chi connectivity index (χ4v) is 3.94. The van der Waals surface area contributed by atoms with Crippen molar-refractivity contribution in [3.63, 3.8) is 0 Å². The minimum Gasteiger partial charge on any atom is -0.496 e. The molecule has 0 saturated carbocycles. The quantitative estimate of drug-likeness (QED) is 0.517. The molecule has 2 aromatic carbocycles. The van der Waals surface area contributed by atoms with Crippen LogP contribution in [0.3, 0.4) is 0 Å². The molecule has 1 fully saturated rings. The van der Waals surface area contributed by atoms with Crippen molar-refractivity contribution >= 4 is 23.7 Å². The first-order chi connectivity index (χ1) is 14.9. The Balaban J connectivity index is 1.83. The monoisotopic (exact) mass is 417 g/mol. The SMILES string of the molecule is COc1cc(/C=C/C(=O)C2(C(=O)/C=C/c3ccc(C)c(C)c3)CCNCC2)ccc1C. The van der Waals surface area contributed by atoms with E-state index in [4.69, 9.17) is 4.74 Å². The summed E-state index contributed by atoms with van der Waals surface area (Å²) in [6, 6.07) is 11.9. The van der Waals surface area contributed by atoms with Gasteiger partial charge in [0.2, 0.25) is 0 Å². The van der Waals surface area contributed by atoms with Crippen LogP contribution in [-0.2, 0) is 9.59 Å². The highest BCUT2D eigenvalue weighted by molar-refractivity contribution is 6.17. The zero-order chi connectivity index (χ0) is 22.4. The Morgan fingerprint density at radius 1 is 0.839 bits per heavy atom. The van der Waals surface area contributed by atoms with Gasteiger partial charge in [-0.15, -0.1) is 0 Å². The molecule has 31 heavy (non-hydrogen) atoms. The number of aryl methyl sites for hydroxylation is 3. The molecule has 2 aromatic rings. The van der Waals surface area contributed by atoms with Crippen LogP contribution in [0.25, 0.3) is 12.2 Å². The number of ketones is 2. The summed E-state index contributed by atoms with van der Waals surface area (Å²) in [7, 11) is 1.63. The molecular weight excluding hydrogens is 386 g/mol. The van der Waals surface area contributed by atoms with Crippen molar-refractivity contribution in [1.29, 1.82) is 0 Å². The van der Waals surface area contributed by atoms with E-state index in [1.165, 1.54) is 11.1 Å². The van der Waals surface area contributed by atoms with Crippen LogP contribution in [0.15, 0.2) is 48.6 Å². The van der Waals surface area contributed by atoms with Crippen LogP contribution in [-0.4, -0.2) is 31.8 Å². The highest BCUT2D eigenvalue weighted by Gasteiger charge is 2.43. The van der Waals surface area contributed by atoms with Gasteiger partial charge < -0.3 is 10.1 Å². The highest BCUT2D eigenvalue weighted by atomic mass is 16.5. The molecule has 1 saturated heterocycles. The predicted molar refractivity (Wildman–Crippen MR) is 126 cm³/mol. The molecule has 1 heterocycles. The van der Waals surface area contributed by atoms with E-state index in [9.17, 15) is 9.59 Å². The van der Waals surface area contributed by atoms with Crippen LogP contribution in [0, 0.1) is 26.2 Å². The lowest BCUT2D eigenvalue weighted by Gasteiger charge is -2.33. The van der Waals surface area contributed by atoms with Crippen LogP contribution in [0.4, 0.5) is 0 Å². The van der Waals surface area contributed by atoms with E-state index < -0.39 is 5.41 Å². The van der Waals surface area contributed by atoms with Gasteiger partial charge in [-0.05, 0) is 92.7 Å². The third-order valence-electron chi connectivity index (χ3n) is 6.22. The number of hydrogen-bond donors (Lipinski definition) is 1. The van der Waals surface area contributed by atoms with Gasteiger partial charge in [-0.2, -0.15) is 0 Å². The molecule has 0 bridgehead atoms. The second kappa shape index (κ2) is 9.88. The molecular formula is C27H31NO3. The Hall–Kier alpha value is -2.98. The van der Waals surface area contributed by atoms with Crippen LogP contribution < -0.4 is 10.1 Å². The molecule has 0 spiro atoms. The van der Waals surface area contributed by atoms with E-state index in [0.717, 1.165) is 22.4 Å². The number of ether oxygens (including phenoxy) is 1. The lowest BCUT2D eigenvalue weighted by molar-refractivity contribution is -0.136. The molecule has 1 N–H and O–H groups in total. The molecule has 162 valence electrons. The molecule has 4 heteroatoms. The Morgan fingerprint density at radius 2 is 1.39 bits per heavy atom. The summed E-state index contributed by atoms with van der Waals surface area (Å²) < 4.78 is 5.37. The van der Waals surface area contributed by atoms with E-state index in [2.05, 4.69) is 25.2 Å². The van der Waals surface area contributed by atoms with Crippen LogP contribution in [0.1, 0.15) is 40.7 Å². The minimum atomic E-state index is -1.01. The molecule has 3 rings (SSSR count). The number of benzene rings is 2. The molecule has 0 unspecified atom stereocenters. The van der Waals surface area contributed by atoms with E-state index in [-0.39, 0.29) is 11.6 Å². The molecule has 0 aromatic heterocycles. The maximum atomic E-state index is 13.3. The van der Waals surface area contributed by atoms with Crippen molar-refractivity contribution in [3.05, 3.63) is 76.4 Å². The van der Waals surface area contributed by atoms with Crippen LogP contribution in [0.5, 0.6) is 5.75 Å². The summed E-state index contributed by atoms with van der Waals surface area (Å²) in [4.78, 5) is 26.5. The number of nitrogens with one attached hydrogen (secondary N) is 1. The summed E-state index contributed by atoms with van der Waals surface area (Å²) in [5, 5.41) is 3.26. The summed E-state index contributed by atoms with van der Waals surface area (Å²) in [5.74, 6) is 0.519. The molecule has 0 radical (unpaired) electrons. The third kappa shape index (κ3) is 5.20. The molecule has 0 aliphatic carbocycles. The van der Waals surface area contributed by atoms with Gasteiger partial charge in [-0.1, -0.05) is 42.5 Å². The fourth-order valence-electron chi connectivity index (χ4n) is 3.94. The molecule has 0 amide bonds. The van der Waals surface area contributed by atoms with E-state index in [1.54, 1.807) is 25.3 Å². The molecule has 0 atom stereocenters. The van der Waals surface area contributed by atoms with Crippen molar-refractivity contribution in [2.24, 2.45) is 5.41 Å². The normalized spacial score (nSPS) is 16.0. The van der Waals surface area contributed by atoms with Crippen molar-refractivity contribution < 1.29 is 14.3 Å². The maximum Gasteiger partial charge on any atom is 0.169 e. The first kappa shape index (κ1) is 22.7. The summed E-state index contributed by atoms with van der Waals surface area (Å²) in [6.45, 7) is 7.40. The number of piperidine rings is 1. The lowest BCUT2D eigenvalue weighted by atomic mass is 9.71. The van der Waals surface area contributed by atoms with Gasteiger partial charge in [0, 0.05) is 0 Å². The maximum absolute atomic E-state index is 13.3. The minimum absolute atomic E-state index is 0.122. The Morgan fingerprint density at radius 3 is 1.94 bits per heavy atom. The van der Waals surface area contributed by atoms with E-state index in [1.807, 2.05) is 43.3 Å². The molecule has 4 nitrogen and oxygen atoms in total. The fraction of sp³-hybridized carbons (Fsp3) is 0.333. The van der Waals surface area contributed by atoms with Gasteiger partial charge in [-0.3, -0.25) is 9.59 Å². The number of rotatable bonds is 7. The predicted octanol–water partition coefficient (Wildman–Crippen LogP) is 4.86. The molecule has 1 aliphatic heterocycles. The van der Waals surface area contributed by atoms with Crippen molar-refractivity contribution in [2.75, 3.05) is 20.2 Å². The first-order valence-corrected chi connectivity index (χ1v) is 10.7. The second-order valence-electron chi connectivity index (χ2n) is 8.30. The average Bonchev–Trinajstić information content (AvgIpc) is 2.79. The highest BCUT2D eigenvalue weighted by Crippen LogP contribution is 2.33. The lowest BCUT2D eigenvalue weighted by Crippen LogP contribution is -2.46. The number of allylic oxidation sites excluding steroid dienone is 2. The van der Waals surface area contributed by atoms with Crippen molar-refractivity contribution in [3.8, 4) is 5.75 Å². The van der Waals surface area contributed by atoms with Gasteiger partial charge >= 0.3 is 0 Å². The van der Waals surface area contributed by atoms with Gasteiger partial charge in [-0.25, -0.2) is 0 Å². The zero-order valence-corrected chi connectivity index (χ0v) is 18.8. The third-order valence-corrected chi connectivity index (χ3v) is 6.22. The van der Waals surface area contributed by atoms with Gasteiger partial charge in [0.25, 0.3) is 0 Å². The van der Waals surface area contributed by atoms with Gasteiger partial charge in [0.15, 0.2) is 11.6 Å². The van der Waals surface area contributed by atoms with Gasteiger partial charge in [0.1, 0.15) is 5.75 Å². The van der Waals surface area contributed by atoms with Crippen molar-refractivity contribution in [1.82, 2.24) is 5.32 Å². The largest absolute Gasteiger partial charge is 0.496 e. The standard InChI is InChI=1S/C27H31NO3/c1-19-5-7-22(17-21(19)3)9-11-25(29)27(13-15-28-16-14-27)26(30)12-10-23-8-6-20(2)24(18-23)31-4/h5-12,17-18,28H,13-16H2,1-4H3/b11-9+,12-10+. The Labute approximate surface area is 185 Å². The van der Waals surface area contributed by atoms with Gasteiger partial charge in [0.05, 0.1) is 12.5 Å². The Kier molecular flexibility index (Phi) is 7.24.